The molecule has 28 heavy (non-hydrogen) atoms. The molecule has 0 amide bonds. The second-order valence-corrected chi connectivity index (χ2v) is 6.94. The Kier molecular flexibility index (Phi) is 7.82. The molecule has 6 heteroatoms. The zero-order chi connectivity index (χ0) is 19.6. The van der Waals surface area contributed by atoms with Gasteiger partial charge >= 0.3 is 0 Å². The van der Waals surface area contributed by atoms with E-state index in [4.69, 9.17) is 4.74 Å². The molecule has 0 saturated carbocycles. The number of morpholine rings is 1. The van der Waals surface area contributed by atoms with E-state index in [1.807, 2.05) is 12.1 Å². The average Bonchev–Trinajstić information content (AvgIpc) is 2.73. The summed E-state index contributed by atoms with van der Waals surface area (Å²) in [7, 11) is 1.77. The number of hydrogen-bond acceptors (Lipinski definition) is 3. The van der Waals surface area contributed by atoms with Gasteiger partial charge in [0.05, 0.1) is 13.2 Å². The van der Waals surface area contributed by atoms with E-state index in [-0.39, 0.29) is 5.82 Å². The van der Waals surface area contributed by atoms with Gasteiger partial charge in [-0.2, -0.15) is 0 Å². The molecule has 5 nitrogen and oxygen atoms in total. The standard InChI is InChI=1S/C22H29FN4O/c1-24-22(25-10-9-18-5-7-21(23)8-6-18)26-16-19-3-2-4-20(15-19)17-27-11-13-28-14-12-27/h2-8,15H,9-14,16-17H2,1H3,(H2,24,25,26). The number of guanidine groups is 1. The Morgan fingerprint density at radius 3 is 2.54 bits per heavy atom. The lowest BCUT2D eigenvalue weighted by Gasteiger charge is -2.26. The van der Waals surface area contributed by atoms with E-state index in [2.05, 4.69) is 44.8 Å². The van der Waals surface area contributed by atoms with Gasteiger partial charge in [0.1, 0.15) is 5.82 Å². The van der Waals surface area contributed by atoms with Crippen molar-refractivity contribution >= 4 is 5.96 Å². The van der Waals surface area contributed by atoms with Crippen molar-refractivity contribution in [3.63, 3.8) is 0 Å². The van der Waals surface area contributed by atoms with Crippen molar-refractivity contribution in [3.05, 3.63) is 71.0 Å². The van der Waals surface area contributed by atoms with Gasteiger partial charge < -0.3 is 15.4 Å². The number of ether oxygens (including phenoxy) is 1. The molecule has 1 heterocycles. The molecule has 1 aliphatic rings. The van der Waals surface area contributed by atoms with E-state index in [9.17, 15) is 4.39 Å². The molecular weight excluding hydrogens is 355 g/mol. The van der Waals surface area contributed by atoms with Crippen LogP contribution in [0.5, 0.6) is 0 Å². The van der Waals surface area contributed by atoms with Gasteiger partial charge in [-0.3, -0.25) is 9.89 Å². The average molecular weight is 384 g/mol. The van der Waals surface area contributed by atoms with Crippen molar-refractivity contribution in [1.29, 1.82) is 0 Å². The highest BCUT2D eigenvalue weighted by molar-refractivity contribution is 5.79. The van der Waals surface area contributed by atoms with Crippen molar-refractivity contribution in [2.24, 2.45) is 4.99 Å². The van der Waals surface area contributed by atoms with E-state index in [1.165, 1.54) is 23.3 Å². The van der Waals surface area contributed by atoms with E-state index < -0.39 is 0 Å². The lowest BCUT2D eigenvalue weighted by atomic mass is 10.1. The molecule has 3 rings (SSSR count). The minimum Gasteiger partial charge on any atom is -0.379 e. The lowest BCUT2D eigenvalue weighted by Crippen LogP contribution is -2.38. The Labute approximate surface area is 166 Å². The first kappa shape index (κ1) is 20.3. The molecule has 2 aromatic rings. The van der Waals surface area contributed by atoms with Crippen LogP contribution in [0, 0.1) is 5.82 Å². The molecule has 2 aromatic carbocycles. The highest BCUT2D eigenvalue weighted by Crippen LogP contribution is 2.10. The first-order chi connectivity index (χ1) is 13.7. The molecule has 0 bridgehead atoms. The molecule has 2 N–H and O–H groups in total. The van der Waals surface area contributed by atoms with Crippen LogP contribution in [0.4, 0.5) is 4.39 Å². The maximum absolute atomic E-state index is 13.0. The van der Waals surface area contributed by atoms with Gasteiger partial charge in [0.2, 0.25) is 0 Å². The highest BCUT2D eigenvalue weighted by atomic mass is 19.1. The van der Waals surface area contributed by atoms with Crippen LogP contribution in [0.25, 0.3) is 0 Å². The smallest absolute Gasteiger partial charge is 0.191 e. The summed E-state index contributed by atoms with van der Waals surface area (Å²) >= 11 is 0. The first-order valence-electron chi connectivity index (χ1n) is 9.80. The van der Waals surface area contributed by atoms with E-state index >= 15 is 0 Å². The van der Waals surface area contributed by atoms with E-state index in [1.54, 1.807) is 7.05 Å². The Morgan fingerprint density at radius 1 is 1.04 bits per heavy atom. The van der Waals surface area contributed by atoms with Gasteiger partial charge in [0, 0.05) is 39.8 Å². The molecule has 0 aromatic heterocycles. The van der Waals surface area contributed by atoms with Gasteiger partial charge in [-0.25, -0.2) is 4.39 Å². The molecule has 0 unspecified atom stereocenters. The summed E-state index contributed by atoms with van der Waals surface area (Å²) < 4.78 is 18.4. The summed E-state index contributed by atoms with van der Waals surface area (Å²) in [5, 5.41) is 6.66. The van der Waals surface area contributed by atoms with Crippen LogP contribution in [0.2, 0.25) is 0 Å². The number of benzene rings is 2. The van der Waals surface area contributed by atoms with Gasteiger partial charge in [0.25, 0.3) is 0 Å². The van der Waals surface area contributed by atoms with Crippen LogP contribution in [0.15, 0.2) is 53.5 Å². The Bertz CT molecular complexity index is 757. The summed E-state index contributed by atoms with van der Waals surface area (Å²) in [5.74, 6) is 0.561. The number of hydrogen-bond donors (Lipinski definition) is 2. The van der Waals surface area contributed by atoms with Crippen LogP contribution in [-0.2, 0) is 24.2 Å². The van der Waals surface area contributed by atoms with Crippen LogP contribution < -0.4 is 10.6 Å². The minimum atomic E-state index is -0.204. The molecule has 150 valence electrons. The molecule has 0 aliphatic carbocycles. The number of aliphatic imine (C=N–C) groups is 1. The monoisotopic (exact) mass is 384 g/mol. The molecule has 0 spiro atoms. The number of halogens is 1. The zero-order valence-electron chi connectivity index (χ0n) is 16.5. The molecule has 1 saturated heterocycles. The van der Waals surface area contributed by atoms with Crippen molar-refractivity contribution in [1.82, 2.24) is 15.5 Å². The van der Waals surface area contributed by atoms with Gasteiger partial charge in [-0.15, -0.1) is 0 Å². The van der Waals surface area contributed by atoms with Gasteiger partial charge in [-0.1, -0.05) is 36.4 Å². The molecule has 1 fully saturated rings. The van der Waals surface area contributed by atoms with Crippen molar-refractivity contribution in [2.45, 2.75) is 19.5 Å². The predicted octanol–water partition coefficient (Wildman–Crippen LogP) is 2.57. The summed E-state index contributed by atoms with van der Waals surface area (Å²) in [6, 6.07) is 15.3. The lowest BCUT2D eigenvalue weighted by molar-refractivity contribution is 0.0342. The minimum absolute atomic E-state index is 0.204. The fraction of sp³-hybridized carbons (Fsp3) is 0.409. The third-order valence-corrected chi connectivity index (χ3v) is 4.80. The van der Waals surface area contributed by atoms with Crippen LogP contribution in [-0.4, -0.2) is 50.8 Å². The maximum atomic E-state index is 13.0. The number of nitrogens with one attached hydrogen (secondary N) is 2. The zero-order valence-corrected chi connectivity index (χ0v) is 16.5. The Balaban J connectivity index is 1.43. The van der Waals surface area contributed by atoms with Crippen LogP contribution >= 0.6 is 0 Å². The second-order valence-electron chi connectivity index (χ2n) is 6.94. The summed E-state index contributed by atoms with van der Waals surface area (Å²) in [4.78, 5) is 6.70. The van der Waals surface area contributed by atoms with E-state index in [0.29, 0.717) is 6.54 Å². The SMILES string of the molecule is CN=C(NCCc1ccc(F)cc1)NCc1cccc(CN2CCOCC2)c1. The topological polar surface area (TPSA) is 48.9 Å². The Morgan fingerprint density at radius 2 is 1.79 bits per heavy atom. The van der Waals surface area contributed by atoms with Gasteiger partial charge in [-0.05, 0) is 35.2 Å². The molecule has 1 aliphatic heterocycles. The van der Waals surface area contributed by atoms with Crippen LogP contribution in [0.3, 0.4) is 0 Å². The molecule has 0 atom stereocenters. The molecule has 0 radical (unpaired) electrons. The third kappa shape index (κ3) is 6.62. The Hall–Kier alpha value is -2.44. The van der Waals surface area contributed by atoms with Crippen molar-refractivity contribution in [3.8, 4) is 0 Å². The quantitative estimate of drug-likeness (QED) is 0.569. The maximum Gasteiger partial charge on any atom is 0.191 e. The predicted molar refractivity (Wildman–Crippen MR) is 111 cm³/mol. The summed E-state index contributed by atoms with van der Waals surface area (Å²) in [6.45, 7) is 6.04. The van der Waals surface area contributed by atoms with Crippen molar-refractivity contribution < 1.29 is 9.13 Å². The second kappa shape index (κ2) is 10.8. The third-order valence-electron chi connectivity index (χ3n) is 4.80. The number of nitrogens with zero attached hydrogens (tertiary/aromatic N) is 2. The van der Waals surface area contributed by atoms with Crippen molar-refractivity contribution in [2.75, 3.05) is 39.9 Å². The summed E-state index contributed by atoms with van der Waals surface area (Å²) in [6.07, 6.45) is 0.815. The fourth-order valence-electron chi connectivity index (χ4n) is 3.24. The van der Waals surface area contributed by atoms with Gasteiger partial charge in [0.15, 0.2) is 5.96 Å². The largest absolute Gasteiger partial charge is 0.379 e. The molecular formula is C22H29FN4O. The van der Waals surface area contributed by atoms with Crippen LogP contribution in [0.1, 0.15) is 16.7 Å². The normalized spacial score (nSPS) is 15.4. The highest BCUT2D eigenvalue weighted by Gasteiger charge is 2.10. The fourth-order valence-corrected chi connectivity index (χ4v) is 3.24. The summed E-state index contributed by atoms with van der Waals surface area (Å²) in [5.41, 5.74) is 3.65. The number of rotatable bonds is 7. The van der Waals surface area contributed by atoms with E-state index in [0.717, 1.165) is 57.3 Å². The first-order valence-corrected chi connectivity index (χ1v) is 9.80.